The fraction of sp³-hybridized carbons (Fsp3) is 0.263. The Kier molecular flexibility index (Phi) is 4.90. The summed E-state index contributed by atoms with van der Waals surface area (Å²) in [5.74, 6) is -0.161. The number of H-pyrrole nitrogens is 1. The molecule has 0 bridgehead atoms. The van der Waals surface area contributed by atoms with Crippen LogP contribution in [0.2, 0.25) is 0 Å². The lowest BCUT2D eigenvalue weighted by Gasteiger charge is -2.09. The second kappa shape index (κ2) is 7.11. The molecule has 3 rings (SSSR count). The fourth-order valence-electron chi connectivity index (χ4n) is 2.99. The zero-order chi connectivity index (χ0) is 18.0. The third-order valence-corrected chi connectivity index (χ3v) is 5.43. The van der Waals surface area contributed by atoms with Crippen LogP contribution in [0.5, 0.6) is 0 Å². The minimum absolute atomic E-state index is 0.161. The Morgan fingerprint density at radius 2 is 2.20 bits per heavy atom. The predicted octanol–water partition coefficient (Wildman–Crippen LogP) is 4.32. The Labute approximate surface area is 151 Å². The maximum Gasteiger partial charge on any atom is 0.256 e. The zero-order valence-electron chi connectivity index (χ0n) is 14.5. The normalized spacial score (nSPS) is 11.0. The molecule has 0 unspecified atom stereocenters. The van der Waals surface area contributed by atoms with Crippen LogP contribution in [0.25, 0.3) is 16.7 Å². The summed E-state index contributed by atoms with van der Waals surface area (Å²) in [5.41, 5.74) is 10.9. The molecule has 0 aliphatic rings. The number of nitrogens with two attached hydrogens (primary N) is 1. The van der Waals surface area contributed by atoms with E-state index in [-0.39, 0.29) is 5.91 Å². The third-order valence-electron chi connectivity index (χ3n) is 4.14. The van der Waals surface area contributed by atoms with E-state index < -0.39 is 0 Å². The Bertz CT molecular complexity index is 938. The second-order valence-corrected chi connectivity index (χ2v) is 7.03. The van der Waals surface area contributed by atoms with Gasteiger partial charge in [0.1, 0.15) is 5.00 Å². The van der Waals surface area contributed by atoms with Crippen LogP contribution in [-0.4, -0.2) is 15.9 Å². The number of thiophene rings is 1. The molecule has 6 heteroatoms. The first-order chi connectivity index (χ1) is 12.0. The molecule has 2 aromatic heterocycles. The van der Waals surface area contributed by atoms with Gasteiger partial charge in [-0.15, -0.1) is 11.3 Å². The van der Waals surface area contributed by atoms with Crippen molar-refractivity contribution >= 4 is 39.0 Å². The molecule has 0 aliphatic heterocycles. The first-order valence-corrected chi connectivity index (χ1v) is 9.20. The molecule has 0 radical (unpaired) electrons. The topological polar surface area (TPSA) is 83.8 Å². The molecule has 130 valence electrons. The number of imidazole rings is 1. The molecule has 0 aliphatic carbocycles. The van der Waals surface area contributed by atoms with Crippen molar-refractivity contribution in [3.63, 3.8) is 0 Å². The van der Waals surface area contributed by atoms with E-state index in [4.69, 9.17) is 5.73 Å². The zero-order valence-corrected chi connectivity index (χ0v) is 15.3. The second-order valence-electron chi connectivity index (χ2n) is 5.93. The van der Waals surface area contributed by atoms with Gasteiger partial charge in [-0.05, 0) is 36.6 Å². The molecule has 4 N–H and O–H groups in total. The third kappa shape index (κ3) is 3.30. The van der Waals surface area contributed by atoms with Crippen molar-refractivity contribution in [2.75, 3.05) is 5.32 Å². The molecule has 2 heterocycles. The predicted molar refractivity (Wildman–Crippen MR) is 105 cm³/mol. The number of carbonyl (C=O) groups is 1. The molecule has 0 atom stereocenters. The quantitative estimate of drug-likeness (QED) is 0.616. The molecule has 0 fully saturated rings. The number of rotatable bonds is 6. The van der Waals surface area contributed by atoms with Crippen molar-refractivity contribution in [1.82, 2.24) is 9.97 Å². The summed E-state index contributed by atoms with van der Waals surface area (Å²) in [6.07, 6.45) is 4.48. The van der Waals surface area contributed by atoms with Gasteiger partial charge >= 0.3 is 0 Å². The van der Waals surface area contributed by atoms with E-state index in [1.165, 1.54) is 10.4 Å². The Hall–Kier alpha value is -2.60. The number of nitrogens with one attached hydrogen (secondary N) is 2. The lowest BCUT2D eigenvalue weighted by atomic mass is 10.0. The van der Waals surface area contributed by atoms with Crippen molar-refractivity contribution in [1.29, 1.82) is 0 Å². The highest BCUT2D eigenvalue weighted by Crippen LogP contribution is 2.37. The van der Waals surface area contributed by atoms with E-state index in [1.807, 2.05) is 6.07 Å². The van der Waals surface area contributed by atoms with E-state index >= 15 is 0 Å². The van der Waals surface area contributed by atoms with Crippen LogP contribution in [0.4, 0.5) is 5.00 Å². The molecular weight excluding hydrogens is 332 g/mol. The van der Waals surface area contributed by atoms with Gasteiger partial charge in [0.2, 0.25) is 0 Å². The van der Waals surface area contributed by atoms with Crippen molar-refractivity contribution in [3.05, 3.63) is 52.7 Å². The number of nitrogens with zero attached hydrogens (tertiary/aromatic N) is 1. The number of hydrogen-bond acceptors (Lipinski definition) is 4. The van der Waals surface area contributed by atoms with Gasteiger partial charge < -0.3 is 16.0 Å². The van der Waals surface area contributed by atoms with E-state index in [2.05, 4.69) is 35.7 Å². The van der Waals surface area contributed by atoms with Gasteiger partial charge in [0.15, 0.2) is 0 Å². The number of anilines is 1. The van der Waals surface area contributed by atoms with Gasteiger partial charge in [0.25, 0.3) is 5.91 Å². The summed E-state index contributed by atoms with van der Waals surface area (Å²) in [4.78, 5) is 21.2. The van der Waals surface area contributed by atoms with Gasteiger partial charge in [0, 0.05) is 21.7 Å². The first kappa shape index (κ1) is 17.2. The maximum atomic E-state index is 12.7. The summed E-state index contributed by atoms with van der Waals surface area (Å²) in [7, 11) is 0. The smallest absolute Gasteiger partial charge is 0.256 e. The summed E-state index contributed by atoms with van der Waals surface area (Å²) in [6, 6.07) is 5.41. The Morgan fingerprint density at radius 1 is 1.40 bits per heavy atom. The molecule has 0 spiro atoms. The first-order valence-electron chi connectivity index (χ1n) is 8.38. The molecule has 5 nitrogen and oxygen atoms in total. The van der Waals surface area contributed by atoms with Crippen LogP contribution in [-0.2, 0) is 12.8 Å². The number of carbonyl (C=O) groups excluding carboxylic acids is 1. The molecule has 0 saturated heterocycles. The highest BCUT2D eigenvalue weighted by molar-refractivity contribution is 7.16. The molecule has 25 heavy (non-hydrogen) atoms. The van der Waals surface area contributed by atoms with E-state index in [0.717, 1.165) is 40.9 Å². The van der Waals surface area contributed by atoms with Crippen LogP contribution in [0.15, 0.2) is 31.1 Å². The molecular formula is C19H22N4OS. The molecule has 1 aromatic carbocycles. The average Bonchev–Trinajstić information content (AvgIpc) is 3.18. The number of fused-ring (bicyclic) bond motifs is 1. The number of hydrogen-bond donors (Lipinski definition) is 3. The standard InChI is InChI=1S/C19H22N4OS/c1-4-6-13-16(5-2)25-19(17(13)11(3)20)23-18(24)12-7-8-14-15(9-12)22-10-21-14/h7-10H,3-6,20H2,1-2H3,(H,21,22)(H,23,24). The molecule has 1 amide bonds. The van der Waals surface area contributed by atoms with Crippen LogP contribution >= 0.6 is 11.3 Å². The maximum absolute atomic E-state index is 12.7. The number of benzene rings is 1. The van der Waals surface area contributed by atoms with Gasteiger partial charge in [-0.25, -0.2) is 4.98 Å². The Balaban J connectivity index is 1.95. The van der Waals surface area contributed by atoms with Crippen molar-refractivity contribution < 1.29 is 4.79 Å². The van der Waals surface area contributed by atoms with Crippen molar-refractivity contribution in [2.45, 2.75) is 33.1 Å². The summed E-state index contributed by atoms with van der Waals surface area (Å²) >= 11 is 1.59. The fourth-order valence-corrected chi connectivity index (χ4v) is 4.21. The largest absolute Gasteiger partial charge is 0.399 e. The number of aromatic amines is 1. The van der Waals surface area contributed by atoms with Crippen LogP contribution < -0.4 is 11.1 Å². The van der Waals surface area contributed by atoms with Crippen LogP contribution in [0, 0.1) is 0 Å². The highest BCUT2D eigenvalue weighted by atomic mass is 32.1. The average molecular weight is 354 g/mol. The summed E-state index contributed by atoms with van der Waals surface area (Å²) in [5, 5.41) is 3.80. The van der Waals surface area contributed by atoms with Crippen molar-refractivity contribution in [2.24, 2.45) is 5.73 Å². The van der Waals surface area contributed by atoms with Gasteiger partial charge in [-0.1, -0.05) is 26.8 Å². The lowest BCUT2D eigenvalue weighted by molar-refractivity contribution is 0.102. The summed E-state index contributed by atoms with van der Waals surface area (Å²) in [6.45, 7) is 8.16. The monoisotopic (exact) mass is 354 g/mol. The SMILES string of the molecule is C=C(N)c1c(NC(=O)c2ccc3nc[nH]c3c2)sc(CC)c1CCC. The van der Waals surface area contributed by atoms with Crippen molar-refractivity contribution in [3.8, 4) is 0 Å². The number of aryl methyl sites for hydroxylation is 1. The number of amides is 1. The Morgan fingerprint density at radius 3 is 2.88 bits per heavy atom. The van der Waals surface area contributed by atoms with E-state index in [0.29, 0.717) is 11.3 Å². The molecule has 3 aromatic rings. The van der Waals surface area contributed by atoms with E-state index in [1.54, 1.807) is 29.8 Å². The van der Waals surface area contributed by atoms with Gasteiger partial charge in [0.05, 0.1) is 17.4 Å². The summed E-state index contributed by atoms with van der Waals surface area (Å²) < 4.78 is 0. The van der Waals surface area contributed by atoms with Gasteiger partial charge in [-0.2, -0.15) is 0 Å². The highest BCUT2D eigenvalue weighted by Gasteiger charge is 2.20. The number of aromatic nitrogens is 2. The van der Waals surface area contributed by atoms with Crippen LogP contribution in [0.1, 0.15) is 46.6 Å². The minimum atomic E-state index is -0.161. The molecule has 0 saturated carbocycles. The van der Waals surface area contributed by atoms with Crippen LogP contribution in [0.3, 0.4) is 0 Å². The van der Waals surface area contributed by atoms with Gasteiger partial charge in [-0.3, -0.25) is 4.79 Å². The minimum Gasteiger partial charge on any atom is -0.399 e. The van der Waals surface area contributed by atoms with E-state index in [9.17, 15) is 4.79 Å². The lowest BCUT2D eigenvalue weighted by Crippen LogP contribution is -2.13.